The topological polar surface area (TPSA) is 94.0 Å². The summed E-state index contributed by atoms with van der Waals surface area (Å²) in [5.74, 6) is 1.74. The van der Waals surface area contributed by atoms with Crippen molar-refractivity contribution in [2.75, 3.05) is 10.6 Å². The highest BCUT2D eigenvalue weighted by Gasteiger charge is 2.13. The van der Waals surface area contributed by atoms with Crippen molar-refractivity contribution in [1.82, 2.24) is 19.7 Å². The first-order valence-electron chi connectivity index (χ1n) is 8.74. The third kappa shape index (κ3) is 4.25. The molecule has 0 bridgehead atoms. The van der Waals surface area contributed by atoms with Gasteiger partial charge in [0.05, 0.1) is 5.52 Å². The Morgan fingerprint density at radius 2 is 2.10 bits per heavy atom. The second kappa shape index (κ2) is 7.72. The van der Waals surface area contributed by atoms with E-state index in [1.165, 1.54) is 11.3 Å². The van der Waals surface area contributed by atoms with Crippen molar-refractivity contribution < 1.29 is 9.53 Å². The van der Waals surface area contributed by atoms with E-state index in [1.54, 1.807) is 35.9 Å². The van der Waals surface area contributed by atoms with Gasteiger partial charge in [0.2, 0.25) is 11.8 Å². The third-order valence-corrected chi connectivity index (χ3v) is 4.81. The molecule has 4 rings (SSSR count). The van der Waals surface area contributed by atoms with Crippen LogP contribution in [0.5, 0.6) is 11.6 Å². The molecule has 3 aromatic heterocycles. The lowest BCUT2D eigenvalue weighted by Crippen LogP contribution is -2.11. The van der Waals surface area contributed by atoms with Crippen LogP contribution in [0, 0.1) is 0 Å². The van der Waals surface area contributed by atoms with Crippen LogP contribution >= 0.6 is 11.3 Å². The van der Waals surface area contributed by atoms with Gasteiger partial charge >= 0.3 is 0 Å². The van der Waals surface area contributed by atoms with Crippen LogP contribution in [-0.4, -0.2) is 25.7 Å². The number of carbonyl (C=O) groups is 1. The van der Waals surface area contributed by atoms with Gasteiger partial charge in [-0.1, -0.05) is 12.6 Å². The standard InChI is InChI=1S/C20H18N6O2S/c1-12(2)18(27)21-13-5-4-6-14(11-13)28-19-17-15(8-10-29-17)22-20(24-19)23-16-7-9-26(3)25-16/h4-11H,1H2,2-3H3,(H,21,27)(H,22,23,24,25). The lowest BCUT2D eigenvalue weighted by molar-refractivity contribution is -0.112. The zero-order valence-corrected chi connectivity index (χ0v) is 16.7. The van der Waals surface area contributed by atoms with Crippen LogP contribution in [0.15, 0.2) is 60.1 Å². The predicted molar refractivity (Wildman–Crippen MR) is 114 cm³/mol. The molecule has 9 heteroatoms. The van der Waals surface area contributed by atoms with Gasteiger partial charge in [0.1, 0.15) is 10.4 Å². The van der Waals surface area contributed by atoms with E-state index in [2.05, 4.69) is 32.3 Å². The highest BCUT2D eigenvalue weighted by molar-refractivity contribution is 7.17. The maximum atomic E-state index is 11.9. The van der Waals surface area contributed by atoms with Gasteiger partial charge in [0.15, 0.2) is 5.82 Å². The number of aryl methyl sites for hydroxylation is 1. The summed E-state index contributed by atoms with van der Waals surface area (Å²) in [7, 11) is 1.84. The molecule has 4 aromatic rings. The average molecular weight is 406 g/mol. The smallest absolute Gasteiger partial charge is 0.250 e. The van der Waals surface area contributed by atoms with Crippen LogP contribution in [0.3, 0.4) is 0 Å². The second-order valence-electron chi connectivity index (χ2n) is 6.35. The van der Waals surface area contributed by atoms with Crippen molar-refractivity contribution >= 4 is 44.9 Å². The van der Waals surface area contributed by atoms with E-state index in [9.17, 15) is 4.79 Å². The number of nitrogens with zero attached hydrogens (tertiary/aromatic N) is 4. The minimum absolute atomic E-state index is 0.244. The SMILES string of the molecule is C=C(C)C(=O)Nc1cccc(Oc2nc(Nc3ccn(C)n3)nc3ccsc23)c1. The number of fused-ring (bicyclic) bond motifs is 1. The summed E-state index contributed by atoms with van der Waals surface area (Å²) in [6, 6.07) is 10.8. The van der Waals surface area contributed by atoms with Crippen molar-refractivity contribution in [2.24, 2.45) is 7.05 Å². The van der Waals surface area contributed by atoms with Crippen LogP contribution in [0.1, 0.15) is 6.92 Å². The number of thiophene rings is 1. The monoisotopic (exact) mass is 406 g/mol. The van der Waals surface area contributed by atoms with Gasteiger partial charge < -0.3 is 15.4 Å². The summed E-state index contributed by atoms with van der Waals surface area (Å²) >= 11 is 1.49. The lowest BCUT2D eigenvalue weighted by atomic mass is 10.2. The Labute approximate surface area is 170 Å². The third-order valence-electron chi connectivity index (χ3n) is 3.92. The molecule has 0 spiro atoms. The second-order valence-corrected chi connectivity index (χ2v) is 7.27. The Morgan fingerprint density at radius 1 is 1.24 bits per heavy atom. The number of benzene rings is 1. The van der Waals surface area contributed by atoms with Crippen molar-refractivity contribution in [3.05, 3.63) is 60.1 Å². The first kappa shape index (κ1) is 18.6. The predicted octanol–water partition coefficient (Wildman–Crippen LogP) is 4.48. The van der Waals surface area contributed by atoms with Gasteiger partial charge in [-0.25, -0.2) is 4.98 Å². The molecule has 0 saturated heterocycles. The number of aromatic nitrogens is 4. The zero-order valence-electron chi connectivity index (χ0n) is 15.8. The van der Waals surface area contributed by atoms with E-state index >= 15 is 0 Å². The number of amides is 1. The van der Waals surface area contributed by atoms with Crippen molar-refractivity contribution in [1.29, 1.82) is 0 Å². The van der Waals surface area contributed by atoms with Crippen LogP contribution in [0.2, 0.25) is 0 Å². The van der Waals surface area contributed by atoms with Crippen LogP contribution < -0.4 is 15.4 Å². The normalized spacial score (nSPS) is 10.7. The molecule has 1 amide bonds. The molecule has 29 heavy (non-hydrogen) atoms. The molecule has 0 radical (unpaired) electrons. The van der Waals surface area contributed by atoms with E-state index < -0.39 is 0 Å². The number of hydrogen-bond donors (Lipinski definition) is 2. The Kier molecular flexibility index (Phi) is 4.96. The van der Waals surface area contributed by atoms with E-state index in [1.807, 2.05) is 30.8 Å². The Hall–Kier alpha value is -3.72. The first-order valence-corrected chi connectivity index (χ1v) is 9.62. The molecule has 0 fully saturated rings. The summed E-state index contributed by atoms with van der Waals surface area (Å²) in [6.45, 7) is 5.30. The fraction of sp³-hybridized carbons (Fsp3) is 0.100. The van der Waals surface area contributed by atoms with E-state index in [0.717, 1.165) is 10.2 Å². The molecule has 0 aliphatic rings. The van der Waals surface area contributed by atoms with Gasteiger partial charge in [0.25, 0.3) is 5.91 Å². The largest absolute Gasteiger partial charge is 0.437 e. The number of hydrogen-bond acceptors (Lipinski definition) is 7. The average Bonchev–Trinajstić information content (AvgIpc) is 3.31. The molecule has 1 aromatic carbocycles. The molecular weight excluding hydrogens is 388 g/mol. The summed E-state index contributed by atoms with van der Waals surface area (Å²) in [4.78, 5) is 20.9. The van der Waals surface area contributed by atoms with Crippen LogP contribution in [0.4, 0.5) is 17.5 Å². The number of nitrogens with one attached hydrogen (secondary N) is 2. The van der Waals surface area contributed by atoms with Crippen molar-refractivity contribution in [2.45, 2.75) is 6.92 Å². The lowest BCUT2D eigenvalue weighted by Gasteiger charge is -2.10. The summed E-state index contributed by atoms with van der Waals surface area (Å²) < 4.78 is 8.55. The minimum Gasteiger partial charge on any atom is -0.437 e. The minimum atomic E-state index is -0.244. The Bertz CT molecular complexity index is 1210. The van der Waals surface area contributed by atoms with Gasteiger partial charge in [-0.3, -0.25) is 9.48 Å². The van der Waals surface area contributed by atoms with Crippen molar-refractivity contribution in [3.8, 4) is 11.6 Å². The van der Waals surface area contributed by atoms with Crippen LogP contribution in [0.25, 0.3) is 10.2 Å². The molecule has 2 N–H and O–H groups in total. The maximum Gasteiger partial charge on any atom is 0.250 e. The molecule has 0 unspecified atom stereocenters. The highest BCUT2D eigenvalue weighted by Crippen LogP contribution is 2.33. The number of anilines is 3. The summed E-state index contributed by atoms with van der Waals surface area (Å²) in [6.07, 6.45) is 1.83. The quantitative estimate of drug-likeness (QED) is 0.459. The fourth-order valence-corrected chi connectivity index (χ4v) is 3.30. The molecule has 0 aliphatic heterocycles. The molecule has 146 valence electrons. The first-order chi connectivity index (χ1) is 14.0. The molecule has 0 aliphatic carbocycles. The van der Waals surface area contributed by atoms with Gasteiger partial charge in [-0.05, 0) is 30.5 Å². The summed E-state index contributed by atoms with van der Waals surface area (Å²) in [5, 5.41) is 12.1. The molecule has 0 atom stereocenters. The fourth-order valence-electron chi connectivity index (χ4n) is 2.54. The van der Waals surface area contributed by atoms with E-state index in [-0.39, 0.29) is 5.91 Å². The number of carbonyl (C=O) groups excluding carboxylic acids is 1. The molecule has 8 nitrogen and oxygen atoms in total. The van der Waals surface area contributed by atoms with Gasteiger partial charge in [-0.2, -0.15) is 10.1 Å². The Morgan fingerprint density at radius 3 is 2.86 bits per heavy atom. The number of rotatable bonds is 6. The van der Waals surface area contributed by atoms with Gasteiger partial charge in [0, 0.05) is 36.6 Å². The summed E-state index contributed by atoms with van der Waals surface area (Å²) in [5.41, 5.74) is 1.81. The van der Waals surface area contributed by atoms with Gasteiger partial charge in [-0.15, -0.1) is 11.3 Å². The Balaban J connectivity index is 1.63. The van der Waals surface area contributed by atoms with Crippen molar-refractivity contribution in [3.63, 3.8) is 0 Å². The molecule has 3 heterocycles. The highest BCUT2D eigenvalue weighted by atomic mass is 32.1. The van der Waals surface area contributed by atoms with Crippen LogP contribution in [-0.2, 0) is 11.8 Å². The maximum absolute atomic E-state index is 11.9. The zero-order chi connectivity index (χ0) is 20.4. The molecular formula is C20H18N6O2S. The van der Waals surface area contributed by atoms with E-state index in [0.29, 0.717) is 34.7 Å². The number of ether oxygens (including phenoxy) is 1. The van der Waals surface area contributed by atoms with E-state index in [4.69, 9.17) is 4.74 Å². The molecule has 0 saturated carbocycles.